The van der Waals surface area contributed by atoms with Crippen molar-refractivity contribution in [3.05, 3.63) is 88.6 Å². The van der Waals surface area contributed by atoms with Crippen molar-refractivity contribution < 1.29 is 4.79 Å². The number of nitrogens with one attached hydrogen (secondary N) is 1. The molecular formula is C26H27N3O. The summed E-state index contributed by atoms with van der Waals surface area (Å²) in [6.45, 7) is 6.23. The number of anilines is 1. The number of nitrogens with zero attached hydrogens (tertiary/aromatic N) is 2. The fourth-order valence-electron chi connectivity index (χ4n) is 4.10. The first-order chi connectivity index (χ1) is 14.5. The lowest BCUT2D eigenvalue weighted by atomic mass is 9.94. The van der Waals surface area contributed by atoms with Crippen molar-refractivity contribution in [2.45, 2.75) is 46.0 Å². The molecule has 0 fully saturated rings. The maximum atomic E-state index is 13.0. The predicted octanol–water partition coefficient (Wildman–Crippen LogP) is 5.85. The zero-order valence-corrected chi connectivity index (χ0v) is 17.8. The molecule has 0 saturated heterocycles. The van der Waals surface area contributed by atoms with E-state index < -0.39 is 0 Å². The number of aryl methyl sites for hydroxylation is 2. The molecule has 4 rings (SSSR count). The molecule has 0 bridgehead atoms. The van der Waals surface area contributed by atoms with Gasteiger partial charge in [-0.25, -0.2) is 4.98 Å². The van der Waals surface area contributed by atoms with Crippen LogP contribution in [0.15, 0.2) is 71.9 Å². The molecule has 1 atom stereocenters. The van der Waals surface area contributed by atoms with E-state index in [2.05, 4.69) is 53.4 Å². The Morgan fingerprint density at radius 2 is 1.83 bits per heavy atom. The summed E-state index contributed by atoms with van der Waals surface area (Å²) in [5.74, 6) is 0.883. The summed E-state index contributed by atoms with van der Waals surface area (Å²) in [5, 5.41) is 3.02. The van der Waals surface area contributed by atoms with E-state index in [0.29, 0.717) is 11.7 Å². The van der Waals surface area contributed by atoms with E-state index in [1.807, 2.05) is 37.3 Å². The van der Waals surface area contributed by atoms with Gasteiger partial charge in [-0.3, -0.25) is 9.78 Å². The van der Waals surface area contributed by atoms with Crippen molar-refractivity contribution >= 4 is 11.7 Å². The second kappa shape index (κ2) is 8.62. The highest BCUT2D eigenvalue weighted by atomic mass is 16.1. The molecule has 0 radical (unpaired) electrons. The molecule has 4 nitrogen and oxygen atoms in total. The van der Waals surface area contributed by atoms with Crippen molar-refractivity contribution in [1.29, 1.82) is 0 Å². The van der Waals surface area contributed by atoms with Crippen LogP contribution in [0.1, 0.15) is 49.3 Å². The standard InChI is InChI=1S/C26H27N3O/c1-4-19-8-10-20(11-9-19)21-15-18(3)22(16-21)26(30)29-25-14-17(2)13-24(28-25)23-7-5-6-12-27-23/h5-14,21H,4,15-16H2,1-3H3,(H,28,29,30). The van der Waals surface area contributed by atoms with Crippen LogP contribution in [0.3, 0.4) is 0 Å². The summed E-state index contributed by atoms with van der Waals surface area (Å²) >= 11 is 0. The zero-order chi connectivity index (χ0) is 21.1. The van der Waals surface area contributed by atoms with E-state index >= 15 is 0 Å². The van der Waals surface area contributed by atoms with Crippen molar-refractivity contribution in [2.24, 2.45) is 0 Å². The van der Waals surface area contributed by atoms with Gasteiger partial charge in [0.05, 0.1) is 11.4 Å². The molecule has 0 spiro atoms. The van der Waals surface area contributed by atoms with Gasteiger partial charge in [0.1, 0.15) is 5.82 Å². The van der Waals surface area contributed by atoms with Crippen LogP contribution in [0.5, 0.6) is 0 Å². The van der Waals surface area contributed by atoms with Gasteiger partial charge in [-0.2, -0.15) is 0 Å². The van der Waals surface area contributed by atoms with E-state index in [9.17, 15) is 4.79 Å². The number of carbonyl (C=O) groups is 1. The Balaban J connectivity index is 1.50. The molecule has 4 heteroatoms. The maximum absolute atomic E-state index is 13.0. The van der Waals surface area contributed by atoms with Gasteiger partial charge in [-0.15, -0.1) is 0 Å². The Kier molecular flexibility index (Phi) is 5.75. The summed E-state index contributed by atoms with van der Waals surface area (Å²) in [5.41, 5.74) is 7.28. The number of hydrogen-bond acceptors (Lipinski definition) is 3. The quantitative estimate of drug-likeness (QED) is 0.588. The monoisotopic (exact) mass is 397 g/mol. The van der Waals surface area contributed by atoms with Crippen molar-refractivity contribution in [3.8, 4) is 11.4 Å². The van der Waals surface area contributed by atoms with Crippen molar-refractivity contribution in [2.75, 3.05) is 5.32 Å². The van der Waals surface area contributed by atoms with Crippen molar-refractivity contribution in [3.63, 3.8) is 0 Å². The summed E-state index contributed by atoms with van der Waals surface area (Å²) in [4.78, 5) is 22.0. The van der Waals surface area contributed by atoms with Gasteiger partial charge in [0.25, 0.3) is 5.91 Å². The first-order valence-corrected chi connectivity index (χ1v) is 10.5. The molecule has 3 aromatic rings. The third-order valence-corrected chi connectivity index (χ3v) is 5.79. The van der Waals surface area contributed by atoms with Crippen LogP contribution in [0.2, 0.25) is 0 Å². The molecule has 1 N–H and O–H groups in total. The van der Waals surface area contributed by atoms with Gasteiger partial charge < -0.3 is 5.32 Å². The van der Waals surface area contributed by atoms with Gasteiger partial charge in [0, 0.05) is 11.8 Å². The maximum Gasteiger partial charge on any atom is 0.252 e. The minimum atomic E-state index is -0.0507. The summed E-state index contributed by atoms with van der Waals surface area (Å²) in [7, 11) is 0. The van der Waals surface area contributed by atoms with E-state index in [1.165, 1.54) is 11.1 Å². The smallest absolute Gasteiger partial charge is 0.252 e. The molecule has 1 unspecified atom stereocenters. The number of amides is 1. The molecule has 1 aliphatic carbocycles. The van der Waals surface area contributed by atoms with Crippen LogP contribution in [0, 0.1) is 6.92 Å². The lowest BCUT2D eigenvalue weighted by Gasteiger charge is -2.12. The number of benzene rings is 1. The van der Waals surface area contributed by atoms with Crippen LogP contribution in [0.25, 0.3) is 11.4 Å². The second-order valence-electron chi connectivity index (χ2n) is 8.04. The summed E-state index contributed by atoms with van der Waals surface area (Å²) in [6.07, 6.45) is 4.48. The molecule has 1 amide bonds. The normalized spacial score (nSPS) is 16.0. The molecule has 1 aromatic carbocycles. The molecule has 2 heterocycles. The van der Waals surface area contributed by atoms with Crippen LogP contribution >= 0.6 is 0 Å². The molecular weight excluding hydrogens is 370 g/mol. The number of pyridine rings is 2. The highest BCUT2D eigenvalue weighted by molar-refractivity contribution is 6.04. The summed E-state index contributed by atoms with van der Waals surface area (Å²) in [6, 6.07) is 18.4. The van der Waals surface area contributed by atoms with Gasteiger partial charge in [0.15, 0.2) is 0 Å². The first kappa shape index (κ1) is 20.0. The molecule has 2 aromatic heterocycles. The van der Waals surface area contributed by atoms with Gasteiger partial charge in [-0.05, 0) is 80.0 Å². The first-order valence-electron chi connectivity index (χ1n) is 10.5. The van der Waals surface area contributed by atoms with E-state index in [0.717, 1.165) is 47.4 Å². The van der Waals surface area contributed by atoms with Crippen LogP contribution in [-0.2, 0) is 11.2 Å². The summed E-state index contributed by atoms with van der Waals surface area (Å²) < 4.78 is 0. The highest BCUT2D eigenvalue weighted by Gasteiger charge is 2.27. The Labute approximate surface area is 178 Å². The van der Waals surface area contributed by atoms with Gasteiger partial charge >= 0.3 is 0 Å². The minimum absolute atomic E-state index is 0.0507. The topological polar surface area (TPSA) is 54.9 Å². The lowest BCUT2D eigenvalue weighted by molar-refractivity contribution is -0.113. The molecule has 1 aliphatic rings. The SMILES string of the molecule is CCc1ccc(C2CC(C)=C(C(=O)Nc3cc(C)cc(-c4ccccn4)n3)C2)cc1. The van der Waals surface area contributed by atoms with E-state index in [4.69, 9.17) is 0 Å². The molecule has 0 saturated carbocycles. The second-order valence-corrected chi connectivity index (χ2v) is 8.04. The van der Waals surface area contributed by atoms with Gasteiger partial charge in [0.2, 0.25) is 0 Å². The van der Waals surface area contributed by atoms with Crippen molar-refractivity contribution in [1.82, 2.24) is 9.97 Å². The zero-order valence-electron chi connectivity index (χ0n) is 17.8. The average Bonchev–Trinajstić information content (AvgIpc) is 3.16. The Morgan fingerprint density at radius 3 is 2.53 bits per heavy atom. The van der Waals surface area contributed by atoms with E-state index in [1.54, 1.807) is 6.20 Å². The van der Waals surface area contributed by atoms with Gasteiger partial charge in [-0.1, -0.05) is 42.8 Å². The molecule has 0 aliphatic heterocycles. The highest BCUT2D eigenvalue weighted by Crippen LogP contribution is 2.39. The van der Waals surface area contributed by atoms with Crippen LogP contribution in [-0.4, -0.2) is 15.9 Å². The van der Waals surface area contributed by atoms with Crippen LogP contribution in [0.4, 0.5) is 5.82 Å². The molecule has 152 valence electrons. The fraction of sp³-hybridized carbons (Fsp3) is 0.269. The third-order valence-electron chi connectivity index (χ3n) is 5.79. The van der Waals surface area contributed by atoms with Crippen LogP contribution < -0.4 is 5.32 Å². The predicted molar refractivity (Wildman–Crippen MR) is 121 cm³/mol. The Morgan fingerprint density at radius 1 is 1.03 bits per heavy atom. The lowest BCUT2D eigenvalue weighted by Crippen LogP contribution is -2.16. The number of allylic oxidation sites excluding steroid dienone is 1. The third kappa shape index (κ3) is 4.33. The molecule has 30 heavy (non-hydrogen) atoms. The number of rotatable bonds is 5. The fourth-order valence-corrected chi connectivity index (χ4v) is 4.10. The number of hydrogen-bond donors (Lipinski definition) is 1. The number of carbonyl (C=O) groups excluding carboxylic acids is 1. The average molecular weight is 398 g/mol. The Hall–Kier alpha value is -3.27. The van der Waals surface area contributed by atoms with E-state index in [-0.39, 0.29) is 5.91 Å². The largest absolute Gasteiger partial charge is 0.307 e. The number of aromatic nitrogens is 2. The minimum Gasteiger partial charge on any atom is -0.307 e. The Bertz CT molecular complexity index is 1090.